The third-order valence-corrected chi connectivity index (χ3v) is 5.24. The summed E-state index contributed by atoms with van der Waals surface area (Å²) in [6.45, 7) is 0.381. The topological polar surface area (TPSA) is 93.5 Å². The summed E-state index contributed by atoms with van der Waals surface area (Å²) in [6, 6.07) is 19.0. The minimum Gasteiger partial charge on any atom is -0.492 e. The second-order valence-electron chi connectivity index (χ2n) is 6.55. The average Bonchev–Trinajstić information content (AvgIpc) is 2.76. The minimum absolute atomic E-state index is 0.101. The highest BCUT2D eigenvalue weighted by Gasteiger charge is 2.18. The zero-order valence-electron chi connectivity index (χ0n) is 16.5. The van der Waals surface area contributed by atoms with Crippen LogP contribution in [0, 0.1) is 10.1 Å². The van der Waals surface area contributed by atoms with Crippen LogP contribution in [-0.2, 0) is 6.42 Å². The van der Waals surface area contributed by atoms with E-state index >= 15 is 0 Å². The van der Waals surface area contributed by atoms with Crippen molar-refractivity contribution in [2.24, 2.45) is 0 Å². The van der Waals surface area contributed by atoms with Crippen LogP contribution in [-0.4, -0.2) is 22.5 Å². The molecule has 10 heteroatoms. The van der Waals surface area contributed by atoms with Crippen LogP contribution in [0.2, 0.25) is 5.02 Å². The molecular formula is C22H17BrClN3O4S. The number of anilines is 1. The van der Waals surface area contributed by atoms with E-state index in [1.807, 2.05) is 30.3 Å². The third kappa shape index (κ3) is 6.49. The first kappa shape index (κ1) is 23.6. The van der Waals surface area contributed by atoms with Crippen molar-refractivity contribution in [3.63, 3.8) is 0 Å². The average molecular weight is 535 g/mol. The molecule has 164 valence electrons. The van der Waals surface area contributed by atoms with Crippen LogP contribution in [0.5, 0.6) is 5.75 Å². The first-order valence-electron chi connectivity index (χ1n) is 9.36. The van der Waals surface area contributed by atoms with Gasteiger partial charge in [-0.1, -0.05) is 57.9 Å². The third-order valence-electron chi connectivity index (χ3n) is 4.31. The number of nitro benzene ring substituents is 1. The molecule has 2 N–H and O–H groups in total. The molecule has 0 atom stereocenters. The molecule has 0 aliphatic rings. The predicted molar refractivity (Wildman–Crippen MR) is 132 cm³/mol. The summed E-state index contributed by atoms with van der Waals surface area (Å²) in [5, 5.41) is 16.5. The number of amides is 1. The molecule has 1 amide bonds. The Balaban J connectivity index is 1.68. The minimum atomic E-state index is -0.592. The normalized spacial score (nSPS) is 10.3. The Morgan fingerprint density at radius 3 is 2.59 bits per heavy atom. The second-order valence-corrected chi connectivity index (χ2v) is 8.31. The summed E-state index contributed by atoms with van der Waals surface area (Å²) in [7, 11) is 0. The second kappa shape index (κ2) is 11.0. The van der Waals surface area contributed by atoms with E-state index in [1.54, 1.807) is 18.2 Å². The van der Waals surface area contributed by atoms with Crippen LogP contribution in [0.3, 0.4) is 0 Å². The molecule has 0 aromatic heterocycles. The molecule has 3 aromatic carbocycles. The molecule has 0 aliphatic heterocycles. The molecule has 3 rings (SSSR count). The molecule has 0 radical (unpaired) electrons. The molecule has 0 saturated carbocycles. The molecule has 0 bridgehead atoms. The van der Waals surface area contributed by atoms with Gasteiger partial charge in [0.2, 0.25) is 0 Å². The number of nitro groups is 1. The number of carbonyl (C=O) groups is 1. The quantitative estimate of drug-likeness (QED) is 0.227. The Labute approximate surface area is 203 Å². The van der Waals surface area contributed by atoms with Crippen LogP contribution in [0.25, 0.3) is 0 Å². The number of halogens is 2. The Morgan fingerprint density at radius 1 is 1.12 bits per heavy atom. The van der Waals surface area contributed by atoms with Crippen LogP contribution >= 0.6 is 39.7 Å². The zero-order valence-corrected chi connectivity index (χ0v) is 19.7. The Bertz CT molecular complexity index is 1160. The molecule has 0 saturated heterocycles. The number of thiocarbonyl (C=S) groups is 1. The van der Waals surface area contributed by atoms with Gasteiger partial charge in [0.25, 0.3) is 11.6 Å². The summed E-state index contributed by atoms with van der Waals surface area (Å²) in [5.74, 6) is -0.128. The summed E-state index contributed by atoms with van der Waals surface area (Å²) >= 11 is 14.3. The van der Waals surface area contributed by atoms with Crippen molar-refractivity contribution >= 4 is 62.1 Å². The number of nitrogens with zero attached hydrogens (tertiary/aromatic N) is 1. The Hall–Kier alpha value is -3.01. The van der Waals surface area contributed by atoms with Crippen LogP contribution < -0.4 is 15.4 Å². The van der Waals surface area contributed by atoms with Gasteiger partial charge in [-0.05, 0) is 48.1 Å². The van der Waals surface area contributed by atoms with Gasteiger partial charge < -0.3 is 10.1 Å². The molecule has 0 aliphatic carbocycles. The number of carbonyl (C=O) groups excluding carboxylic acids is 1. The van der Waals surface area contributed by atoms with E-state index in [0.29, 0.717) is 23.2 Å². The lowest BCUT2D eigenvalue weighted by Gasteiger charge is -2.14. The first-order valence-corrected chi connectivity index (χ1v) is 10.9. The van der Waals surface area contributed by atoms with Crippen LogP contribution in [0.1, 0.15) is 15.9 Å². The number of benzene rings is 3. The smallest absolute Gasteiger partial charge is 0.294 e. The summed E-state index contributed by atoms with van der Waals surface area (Å²) in [6.07, 6.45) is 0.679. The highest BCUT2D eigenvalue weighted by atomic mass is 79.9. The summed E-state index contributed by atoms with van der Waals surface area (Å²) in [5.41, 5.74) is 1.23. The van der Waals surface area contributed by atoms with Crippen molar-refractivity contribution in [3.05, 3.63) is 97.5 Å². The molecular weight excluding hydrogens is 518 g/mol. The van der Waals surface area contributed by atoms with E-state index in [4.69, 9.17) is 28.6 Å². The molecule has 32 heavy (non-hydrogen) atoms. The van der Waals surface area contributed by atoms with Gasteiger partial charge in [-0.15, -0.1) is 0 Å². The van der Waals surface area contributed by atoms with E-state index < -0.39 is 10.8 Å². The largest absolute Gasteiger partial charge is 0.492 e. The fourth-order valence-electron chi connectivity index (χ4n) is 2.81. The van der Waals surface area contributed by atoms with Crippen molar-refractivity contribution in [1.29, 1.82) is 0 Å². The van der Waals surface area contributed by atoms with E-state index in [-0.39, 0.29) is 27.1 Å². The highest BCUT2D eigenvalue weighted by Crippen LogP contribution is 2.28. The number of hydrogen-bond acceptors (Lipinski definition) is 5. The molecule has 0 heterocycles. The van der Waals surface area contributed by atoms with Gasteiger partial charge in [0, 0.05) is 22.0 Å². The van der Waals surface area contributed by atoms with Gasteiger partial charge in [0.1, 0.15) is 11.4 Å². The van der Waals surface area contributed by atoms with Gasteiger partial charge in [-0.3, -0.25) is 20.2 Å². The molecule has 0 spiro atoms. The van der Waals surface area contributed by atoms with Gasteiger partial charge >= 0.3 is 0 Å². The first-order chi connectivity index (χ1) is 15.3. The Kier molecular flexibility index (Phi) is 8.15. The molecule has 0 fully saturated rings. The van der Waals surface area contributed by atoms with E-state index in [9.17, 15) is 14.9 Å². The number of hydrogen-bond donors (Lipinski definition) is 2. The summed E-state index contributed by atoms with van der Waals surface area (Å²) in [4.78, 5) is 23.5. The zero-order chi connectivity index (χ0) is 23.1. The van der Waals surface area contributed by atoms with Crippen molar-refractivity contribution in [3.8, 4) is 5.75 Å². The maximum absolute atomic E-state index is 12.8. The van der Waals surface area contributed by atoms with Crippen molar-refractivity contribution in [2.75, 3.05) is 11.9 Å². The summed E-state index contributed by atoms with van der Waals surface area (Å²) < 4.78 is 6.52. The van der Waals surface area contributed by atoms with Gasteiger partial charge in [-0.2, -0.15) is 0 Å². The van der Waals surface area contributed by atoms with Crippen LogP contribution in [0.15, 0.2) is 71.2 Å². The van der Waals surface area contributed by atoms with Gasteiger partial charge in [0.15, 0.2) is 5.11 Å². The van der Waals surface area contributed by atoms with E-state index in [0.717, 1.165) is 5.56 Å². The lowest BCUT2D eigenvalue weighted by Crippen LogP contribution is -2.34. The number of rotatable bonds is 7. The predicted octanol–water partition coefficient (Wildman–Crippen LogP) is 5.76. The monoisotopic (exact) mass is 533 g/mol. The molecule has 7 nitrogen and oxygen atoms in total. The maximum Gasteiger partial charge on any atom is 0.294 e. The lowest BCUT2D eigenvalue weighted by molar-refractivity contribution is -0.383. The van der Waals surface area contributed by atoms with Crippen molar-refractivity contribution in [1.82, 2.24) is 5.32 Å². The number of ether oxygens (including phenoxy) is 1. The SMILES string of the molecule is O=C(NC(=S)Nc1ccc(Cl)cc1[N+](=O)[O-])c1cc(Br)ccc1OCCc1ccccc1. The van der Waals surface area contributed by atoms with Crippen molar-refractivity contribution < 1.29 is 14.5 Å². The van der Waals surface area contributed by atoms with Crippen LogP contribution in [0.4, 0.5) is 11.4 Å². The van der Waals surface area contributed by atoms with E-state index in [2.05, 4.69) is 26.6 Å². The highest BCUT2D eigenvalue weighted by molar-refractivity contribution is 9.10. The number of nitrogens with one attached hydrogen (secondary N) is 2. The standard InChI is InChI=1S/C22H17BrClN3O4S/c23-15-6-9-20(31-11-10-14-4-2-1-3-5-14)17(12-15)21(28)26-22(32)25-18-8-7-16(24)13-19(18)27(29)30/h1-9,12-13H,10-11H2,(H2,25,26,28,32). The maximum atomic E-state index is 12.8. The molecule has 3 aromatic rings. The van der Waals surface area contributed by atoms with Gasteiger partial charge in [0.05, 0.1) is 17.1 Å². The van der Waals surface area contributed by atoms with Gasteiger partial charge in [-0.25, -0.2) is 0 Å². The molecule has 0 unspecified atom stereocenters. The fraction of sp³-hybridized carbons (Fsp3) is 0.0909. The van der Waals surface area contributed by atoms with E-state index in [1.165, 1.54) is 18.2 Å². The fourth-order valence-corrected chi connectivity index (χ4v) is 3.54. The lowest BCUT2D eigenvalue weighted by atomic mass is 10.1. The Morgan fingerprint density at radius 2 is 1.88 bits per heavy atom. The van der Waals surface area contributed by atoms with Crippen molar-refractivity contribution in [2.45, 2.75) is 6.42 Å².